The summed E-state index contributed by atoms with van der Waals surface area (Å²) < 4.78 is 0. The lowest BCUT2D eigenvalue weighted by atomic mass is 9.92. The Morgan fingerprint density at radius 1 is 1.33 bits per heavy atom. The van der Waals surface area contributed by atoms with E-state index in [0.717, 1.165) is 0 Å². The molecule has 0 spiro atoms. The smallest absolute Gasteiger partial charge is 0.00169 e. The van der Waals surface area contributed by atoms with Crippen molar-refractivity contribution in [2.24, 2.45) is 0 Å². The summed E-state index contributed by atoms with van der Waals surface area (Å²) in [6, 6.07) is 8.48. The Bertz CT molecular complexity index is 284. The van der Waals surface area contributed by atoms with Crippen LogP contribution in [-0.4, -0.2) is 0 Å². The van der Waals surface area contributed by atoms with Crippen LogP contribution in [0.3, 0.4) is 0 Å². The zero-order valence-electron chi connectivity index (χ0n) is 8.09. The summed E-state index contributed by atoms with van der Waals surface area (Å²) in [6.45, 7) is 10.4. The maximum Gasteiger partial charge on any atom is 0.00169 e. The maximum absolute atomic E-state index is 3.97. The molecule has 1 atom stereocenters. The molecule has 64 valence electrons. The largest absolute Gasteiger partial charge is 0.0995 e. The number of benzene rings is 1. The minimum atomic E-state index is 0.478. The summed E-state index contributed by atoms with van der Waals surface area (Å²) in [6.07, 6.45) is 0. The lowest BCUT2D eigenvalue weighted by molar-refractivity contribution is 0.888. The molecule has 0 aliphatic carbocycles. The Morgan fingerprint density at radius 2 is 1.92 bits per heavy atom. The molecule has 0 nitrogen and oxygen atoms in total. The standard InChI is InChI=1S/C12H16/c1-9(2)11(4)12-8-6-5-7-10(12)3/h5-8,11H,1H2,2-4H3. The molecule has 0 saturated carbocycles. The van der Waals surface area contributed by atoms with Crippen molar-refractivity contribution in [2.75, 3.05) is 0 Å². The van der Waals surface area contributed by atoms with Gasteiger partial charge in [-0.15, -0.1) is 0 Å². The van der Waals surface area contributed by atoms with Gasteiger partial charge in [0.25, 0.3) is 0 Å². The molecule has 0 amide bonds. The number of aryl methyl sites for hydroxylation is 1. The molecular formula is C12H16. The second-order valence-electron chi connectivity index (χ2n) is 3.42. The van der Waals surface area contributed by atoms with Crippen molar-refractivity contribution >= 4 is 0 Å². The molecule has 1 aromatic rings. The molecule has 0 N–H and O–H groups in total. The van der Waals surface area contributed by atoms with E-state index < -0.39 is 0 Å². The number of hydrogen-bond donors (Lipinski definition) is 0. The van der Waals surface area contributed by atoms with Gasteiger partial charge < -0.3 is 0 Å². The molecule has 1 unspecified atom stereocenters. The monoisotopic (exact) mass is 160 g/mol. The van der Waals surface area contributed by atoms with Gasteiger partial charge in [-0.1, -0.05) is 43.3 Å². The van der Waals surface area contributed by atoms with Gasteiger partial charge in [-0.3, -0.25) is 0 Å². The number of hydrogen-bond acceptors (Lipinski definition) is 0. The lowest BCUT2D eigenvalue weighted by Gasteiger charge is -2.13. The van der Waals surface area contributed by atoms with Gasteiger partial charge in [-0.2, -0.15) is 0 Å². The van der Waals surface area contributed by atoms with E-state index in [1.165, 1.54) is 16.7 Å². The molecule has 0 aliphatic heterocycles. The molecule has 0 heterocycles. The third-order valence-corrected chi connectivity index (χ3v) is 2.39. The van der Waals surface area contributed by atoms with Crippen molar-refractivity contribution < 1.29 is 0 Å². The minimum absolute atomic E-state index is 0.478. The Labute approximate surface area is 74.9 Å². The van der Waals surface area contributed by atoms with E-state index >= 15 is 0 Å². The topological polar surface area (TPSA) is 0 Å². The molecule has 0 saturated heterocycles. The van der Waals surface area contributed by atoms with Gasteiger partial charge >= 0.3 is 0 Å². The molecule has 1 aromatic carbocycles. The van der Waals surface area contributed by atoms with E-state index in [0.29, 0.717) is 5.92 Å². The molecule has 12 heavy (non-hydrogen) atoms. The Balaban J connectivity index is 3.02. The molecule has 0 aromatic heterocycles. The molecule has 0 radical (unpaired) electrons. The summed E-state index contributed by atoms with van der Waals surface area (Å²) in [5.74, 6) is 0.478. The normalized spacial score (nSPS) is 12.6. The second-order valence-corrected chi connectivity index (χ2v) is 3.42. The fraction of sp³-hybridized carbons (Fsp3) is 0.333. The second kappa shape index (κ2) is 3.57. The summed E-state index contributed by atoms with van der Waals surface area (Å²) >= 11 is 0. The van der Waals surface area contributed by atoms with Gasteiger partial charge in [0.1, 0.15) is 0 Å². The van der Waals surface area contributed by atoms with Crippen LogP contribution >= 0.6 is 0 Å². The predicted molar refractivity (Wildman–Crippen MR) is 54.4 cm³/mol. The van der Waals surface area contributed by atoms with Crippen molar-refractivity contribution in [1.29, 1.82) is 0 Å². The Kier molecular flexibility index (Phi) is 2.69. The van der Waals surface area contributed by atoms with E-state index in [4.69, 9.17) is 0 Å². The van der Waals surface area contributed by atoms with E-state index in [9.17, 15) is 0 Å². The Hall–Kier alpha value is -1.04. The third kappa shape index (κ3) is 1.76. The van der Waals surface area contributed by atoms with Gasteiger partial charge in [0.2, 0.25) is 0 Å². The molecular weight excluding hydrogens is 144 g/mol. The van der Waals surface area contributed by atoms with E-state index in [2.05, 4.69) is 51.6 Å². The average molecular weight is 160 g/mol. The van der Waals surface area contributed by atoms with Crippen molar-refractivity contribution in [3.63, 3.8) is 0 Å². The summed E-state index contributed by atoms with van der Waals surface area (Å²) in [4.78, 5) is 0. The molecule has 0 bridgehead atoms. The summed E-state index contributed by atoms with van der Waals surface area (Å²) in [5.41, 5.74) is 3.97. The highest BCUT2D eigenvalue weighted by molar-refractivity contribution is 5.33. The predicted octanol–water partition coefficient (Wildman–Crippen LogP) is 3.67. The first-order valence-electron chi connectivity index (χ1n) is 4.34. The highest BCUT2D eigenvalue weighted by Gasteiger charge is 2.06. The summed E-state index contributed by atoms with van der Waals surface area (Å²) in [7, 11) is 0. The highest BCUT2D eigenvalue weighted by Crippen LogP contribution is 2.24. The van der Waals surface area contributed by atoms with Crippen LogP contribution in [0.2, 0.25) is 0 Å². The quantitative estimate of drug-likeness (QED) is 0.579. The van der Waals surface area contributed by atoms with Crippen LogP contribution in [0.1, 0.15) is 30.9 Å². The van der Waals surface area contributed by atoms with Gasteiger partial charge in [-0.05, 0) is 25.0 Å². The zero-order chi connectivity index (χ0) is 9.14. The van der Waals surface area contributed by atoms with Gasteiger partial charge in [-0.25, -0.2) is 0 Å². The SMILES string of the molecule is C=C(C)C(C)c1ccccc1C. The van der Waals surface area contributed by atoms with Crippen molar-refractivity contribution in [3.8, 4) is 0 Å². The zero-order valence-corrected chi connectivity index (χ0v) is 8.09. The minimum Gasteiger partial charge on any atom is -0.0995 e. The fourth-order valence-corrected chi connectivity index (χ4v) is 1.34. The maximum atomic E-state index is 3.97. The van der Waals surface area contributed by atoms with Crippen LogP contribution in [0.4, 0.5) is 0 Å². The average Bonchev–Trinajstić information content (AvgIpc) is 2.04. The van der Waals surface area contributed by atoms with Crippen LogP contribution in [0, 0.1) is 6.92 Å². The fourth-order valence-electron chi connectivity index (χ4n) is 1.34. The van der Waals surface area contributed by atoms with Crippen molar-refractivity contribution in [2.45, 2.75) is 26.7 Å². The molecule has 0 heteroatoms. The first-order chi connectivity index (χ1) is 5.63. The van der Waals surface area contributed by atoms with Gasteiger partial charge in [0.15, 0.2) is 0 Å². The van der Waals surface area contributed by atoms with Crippen LogP contribution in [0.5, 0.6) is 0 Å². The van der Waals surface area contributed by atoms with E-state index in [1.807, 2.05) is 0 Å². The summed E-state index contributed by atoms with van der Waals surface area (Å²) in [5, 5.41) is 0. The van der Waals surface area contributed by atoms with Crippen LogP contribution < -0.4 is 0 Å². The van der Waals surface area contributed by atoms with Crippen LogP contribution in [-0.2, 0) is 0 Å². The van der Waals surface area contributed by atoms with E-state index in [-0.39, 0.29) is 0 Å². The molecule has 0 aliphatic rings. The van der Waals surface area contributed by atoms with Crippen LogP contribution in [0.25, 0.3) is 0 Å². The number of allylic oxidation sites excluding steroid dienone is 1. The highest BCUT2D eigenvalue weighted by atomic mass is 14.1. The Morgan fingerprint density at radius 3 is 2.42 bits per heavy atom. The first-order valence-corrected chi connectivity index (χ1v) is 4.34. The van der Waals surface area contributed by atoms with Gasteiger partial charge in [0.05, 0.1) is 0 Å². The third-order valence-electron chi connectivity index (χ3n) is 2.39. The van der Waals surface area contributed by atoms with Crippen LogP contribution in [0.15, 0.2) is 36.4 Å². The van der Waals surface area contributed by atoms with Gasteiger partial charge in [0, 0.05) is 5.92 Å². The first kappa shape index (κ1) is 9.05. The number of rotatable bonds is 2. The molecule has 0 fully saturated rings. The van der Waals surface area contributed by atoms with Crippen molar-refractivity contribution in [3.05, 3.63) is 47.5 Å². The lowest BCUT2D eigenvalue weighted by Crippen LogP contribution is -1.96. The van der Waals surface area contributed by atoms with Crippen molar-refractivity contribution in [1.82, 2.24) is 0 Å². The van der Waals surface area contributed by atoms with E-state index in [1.54, 1.807) is 0 Å². The molecule has 1 rings (SSSR count).